The van der Waals surface area contributed by atoms with Crippen LogP contribution >= 0.6 is 27.7 Å². The van der Waals surface area contributed by atoms with Crippen molar-refractivity contribution in [3.05, 3.63) is 58.1 Å². The number of carbonyl (C=O) groups is 1. The lowest BCUT2D eigenvalue weighted by Crippen LogP contribution is -2.48. The van der Waals surface area contributed by atoms with Gasteiger partial charge in [-0.2, -0.15) is 0 Å². The normalized spacial score (nSPS) is 16.4. The quantitative estimate of drug-likeness (QED) is 0.653. The lowest BCUT2D eigenvalue weighted by Gasteiger charge is -2.34. The Labute approximate surface area is 178 Å². The molecule has 0 radical (unpaired) electrons. The van der Waals surface area contributed by atoms with Crippen molar-refractivity contribution in [3.63, 3.8) is 0 Å². The van der Waals surface area contributed by atoms with Crippen molar-refractivity contribution in [2.45, 2.75) is 12.3 Å². The summed E-state index contributed by atoms with van der Waals surface area (Å²) in [5.41, 5.74) is 2.45. The minimum Gasteiger partial charge on any atom is -0.454 e. The smallest absolute Gasteiger partial charge is 0.232 e. The number of hydrogen-bond donors (Lipinski definition) is 0. The maximum Gasteiger partial charge on any atom is 0.232 e. The van der Waals surface area contributed by atoms with Gasteiger partial charge in [0.1, 0.15) is 0 Å². The van der Waals surface area contributed by atoms with Gasteiger partial charge in [-0.05, 0) is 35.4 Å². The fourth-order valence-corrected chi connectivity index (χ4v) is 4.75. The molecule has 0 aliphatic carbocycles. The number of benzene rings is 2. The topological polar surface area (TPSA) is 42.0 Å². The minimum absolute atomic E-state index is 0.239. The molecule has 2 aromatic rings. The van der Waals surface area contributed by atoms with Crippen LogP contribution < -0.4 is 9.47 Å². The number of piperazine rings is 1. The van der Waals surface area contributed by atoms with Crippen molar-refractivity contribution in [1.29, 1.82) is 0 Å². The SMILES string of the molecule is O=C(CSCc1cccc(Br)c1)N1CCN(Cc2ccc3c(c2)OCO3)CC1. The highest BCUT2D eigenvalue weighted by molar-refractivity contribution is 9.10. The van der Waals surface area contributed by atoms with E-state index in [1.54, 1.807) is 11.8 Å². The molecule has 0 saturated carbocycles. The molecule has 4 rings (SSSR count). The predicted octanol–water partition coefficient (Wildman–Crippen LogP) is 3.76. The van der Waals surface area contributed by atoms with Crippen LogP contribution in [-0.4, -0.2) is 54.4 Å². The summed E-state index contributed by atoms with van der Waals surface area (Å²) in [6, 6.07) is 14.4. The third-order valence-corrected chi connectivity index (χ3v) is 6.43. The lowest BCUT2D eigenvalue weighted by atomic mass is 10.1. The highest BCUT2D eigenvalue weighted by Crippen LogP contribution is 2.32. The van der Waals surface area contributed by atoms with Crippen LogP contribution in [-0.2, 0) is 17.1 Å². The van der Waals surface area contributed by atoms with Crippen molar-refractivity contribution in [3.8, 4) is 11.5 Å². The van der Waals surface area contributed by atoms with Gasteiger partial charge in [-0.3, -0.25) is 9.69 Å². The van der Waals surface area contributed by atoms with Gasteiger partial charge < -0.3 is 14.4 Å². The van der Waals surface area contributed by atoms with Gasteiger partial charge in [0.25, 0.3) is 0 Å². The van der Waals surface area contributed by atoms with Gasteiger partial charge in [0.2, 0.25) is 12.7 Å². The molecule has 1 amide bonds. The Morgan fingerprint density at radius 2 is 1.82 bits per heavy atom. The van der Waals surface area contributed by atoms with E-state index in [0.717, 1.165) is 54.4 Å². The van der Waals surface area contributed by atoms with E-state index in [0.29, 0.717) is 12.5 Å². The number of nitrogens with zero attached hydrogens (tertiary/aromatic N) is 2. The number of rotatable bonds is 6. The van der Waals surface area contributed by atoms with E-state index < -0.39 is 0 Å². The van der Waals surface area contributed by atoms with Crippen LogP contribution in [0.25, 0.3) is 0 Å². The number of hydrogen-bond acceptors (Lipinski definition) is 5. The van der Waals surface area contributed by atoms with E-state index >= 15 is 0 Å². The summed E-state index contributed by atoms with van der Waals surface area (Å²) in [5, 5.41) is 0. The standard InChI is InChI=1S/C21H23BrN2O3S/c22-18-3-1-2-17(10-18)13-28-14-21(25)24-8-6-23(7-9-24)12-16-4-5-19-20(11-16)27-15-26-19/h1-5,10-11H,6-9,12-15H2. The summed E-state index contributed by atoms with van der Waals surface area (Å²) >= 11 is 5.17. The van der Waals surface area contributed by atoms with Gasteiger partial charge in [-0.1, -0.05) is 34.1 Å². The molecule has 0 bridgehead atoms. The Morgan fingerprint density at radius 1 is 1.00 bits per heavy atom. The van der Waals surface area contributed by atoms with Crippen LogP contribution in [0.4, 0.5) is 0 Å². The van der Waals surface area contributed by atoms with Crippen LogP contribution in [0.1, 0.15) is 11.1 Å². The Bertz CT molecular complexity index is 840. The fourth-order valence-electron chi connectivity index (χ4n) is 3.43. The molecule has 0 aromatic heterocycles. The number of ether oxygens (including phenoxy) is 2. The Kier molecular flexibility index (Phi) is 6.44. The highest BCUT2D eigenvalue weighted by Gasteiger charge is 2.22. The first kappa shape index (κ1) is 19.6. The van der Waals surface area contributed by atoms with Crippen molar-refractivity contribution in [2.75, 3.05) is 38.7 Å². The molecule has 7 heteroatoms. The molecule has 0 atom stereocenters. The zero-order chi connectivity index (χ0) is 19.3. The summed E-state index contributed by atoms with van der Waals surface area (Å²) in [6.07, 6.45) is 0. The van der Waals surface area contributed by atoms with Crippen molar-refractivity contribution >= 4 is 33.6 Å². The van der Waals surface area contributed by atoms with Crippen LogP contribution in [0.2, 0.25) is 0 Å². The molecule has 2 aliphatic rings. The first-order chi connectivity index (χ1) is 13.7. The third-order valence-electron chi connectivity index (χ3n) is 4.95. The molecule has 1 fully saturated rings. The molecule has 2 aliphatic heterocycles. The van der Waals surface area contributed by atoms with Gasteiger partial charge in [0.15, 0.2) is 11.5 Å². The van der Waals surface area contributed by atoms with Gasteiger partial charge in [0, 0.05) is 42.9 Å². The van der Waals surface area contributed by atoms with E-state index in [9.17, 15) is 4.79 Å². The summed E-state index contributed by atoms with van der Waals surface area (Å²) in [5.74, 6) is 3.28. The van der Waals surface area contributed by atoms with E-state index in [1.165, 1.54) is 11.1 Å². The molecule has 2 aromatic carbocycles. The van der Waals surface area contributed by atoms with E-state index in [2.05, 4.69) is 45.1 Å². The molecule has 2 heterocycles. The average Bonchev–Trinajstić information content (AvgIpc) is 3.16. The minimum atomic E-state index is 0.239. The fraction of sp³-hybridized carbons (Fsp3) is 0.381. The number of thioether (sulfide) groups is 1. The number of fused-ring (bicyclic) bond motifs is 1. The number of halogens is 1. The van der Waals surface area contributed by atoms with Crippen LogP contribution in [0.3, 0.4) is 0 Å². The maximum atomic E-state index is 12.5. The van der Waals surface area contributed by atoms with E-state index in [1.807, 2.05) is 23.1 Å². The first-order valence-electron chi connectivity index (χ1n) is 9.38. The van der Waals surface area contributed by atoms with Crippen LogP contribution in [0.5, 0.6) is 11.5 Å². The second kappa shape index (κ2) is 9.20. The zero-order valence-corrected chi connectivity index (χ0v) is 18.0. The highest BCUT2D eigenvalue weighted by atomic mass is 79.9. The summed E-state index contributed by atoms with van der Waals surface area (Å²) in [7, 11) is 0. The summed E-state index contributed by atoms with van der Waals surface area (Å²) in [4.78, 5) is 16.9. The zero-order valence-electron chi connectivity index (χ0n) is 15.6. The summed E-state index contributed by atoms with van der Waals surface area (Å²) < 4.78 is 11.9. The number of amides is 1. The molecule has 28 heavy (non-hydrogen) atoms. The molecule has 0 N–H and O–H groups in total. The molecular formula is C21H23BrN2O3S. The summed E-state index contributed by atoms with van der Waals surface area (Å²) in [6.45, 7) is 4.56. The van der Waals surface area contributed by atoms with Gasteiger partial charge in [0.05, 0.1) is 5.75 Å². The van der Waals surface area contributed by atoms with Gasteiger partial charge in [-0.25, -0.2) is 0 Å². The molecule has 148 valence electrons. The van der Waals surface area contributed by atoms with E-state index in [4.69, 9.17) is 9.47 Å². The monoisotopic (exact) mass is 462 g/mol. The molecule has 5 nitrogen and oxygen atoms in total. The van der Waals surface area contributed by atoms with E-state index in [-0.39, 0.29) is 5.91 Å². The third kappa shape index (κ3) is 5.01. The van der Waals surface area contributed by atoms with Crippen LogP contribution in [0.15, 0.2) is 46.9 Å². The van der Waals surface area contributed by atoms with Crippen LogP contribution in [0, 0.1) is 0 Å². The van der Waals surface area contributed by atoms with Gasteiger partial charge in [-0.15, -0.1) is 11.8 Å². The molecule has 0 spiro atoms. The van der Waals surface area contributed by atoms with Gasteiger partial charge >= 0.3 is 0 Å². The number of carbonyl (C=O) groups excluding carboxylic acids is 1. The first-order valence-corrected chi connectivity index (χ1v) is 11.3. The van der Waals surface area contributed by atoms with Crippen molar-refractivity contribution in [1.82, 2.24) is 9.80 Å². The van der Waals surface area contributed by atoms with Crippen molar-refractivity contribution < 1.29 is 14.3 Å². The Balaban J connectivity index is 1.20. The lowest BCUT2D eigenvalue weighted by molar-refractivity contribution is -0.130. The largest absolute Gasteiger partial charge is 0.454 e. The molecule has 1 saturated heterocycles. The maximum absolute atomic E-state index is 12.5. The van der Waals surface area contributed by atoms with Crippen molar-refractivity contribution in [2.24, 2.45) is 0 Å². The molecule has 0 unspecified atom stereocenters. The Morgan fingerprint density at radius 3 is 2.64 bits per heavy atom. The second-order valence-corrected chi connectivity index (χ2v) is 8.87. The Hall–Kier alpha value is -1.70. The molecular weight excluding hydrogens is 440 g/mol. The average molecular weight is 463 g/mol. The second-order valence-electron chi connectivity index (χ2n) is 6.97. The predicted molar refractivity (Wildman–Crippen MR) is 115 cm³/mol.